The van der Waals surface area contributed by atoms with Crippen LogP contribution in [0, 0.1) is 12.8 Å². The topological polar surface area (TPSA) is 67.2 Å². The number of carbonyl (C=O) groups is 2. The maximum absolute atomic E-state index is 12.3. The summed E-state index contributed by atoms with van der Waals surface area (Å²) in [6.07, 6.45) is 1.32. The van der Waals surface area contributed by atoms with Crippen molar-refractivity contribution in [1.82, 2.24) is 15.1 Å². The minimum absolute atomic E-state index is 0.0195. The SMILES string of the molecule is Cc1cc2n(n1)CCC(=O)N2[C@H](C)C(=O)NCCC(C)C. The lowest BCUT2D eigenvalue weighted by Crippen LogP contribution is -2.51. The summed E-state index contributed by atoms with van der Waals surface area (Å²) in [5.74, 6) is 1.13. The maximum Gasteiger partial charge on any atom is 0.242 e. The summed E-state index contributed by atoms with van der Waals surface area (Å²) in [4.78, 5) is 26.0. The van der Waals surface area contributed by atoms with Gasteiger partial charge in [-0.25, -0.2) is 4.68 Å². The summed E-state index contributed by atoms with van der Waals surface area (Å²) >= 11 is 0. The Balaban J connectivity index is 2.09. The Hall–Kier alpha value is -1.85. The molecule has 2 rings (SSSR count). The second-order valence-electron chi connectivity index (χ2n) is 6.03. The van der Waals surface area contributed by atoms with Crippen molar-refractivity contribution in [3.63, 3.8) is 0 Å². The second kappa shape index (κ2) is 6.28. The van der Waals surface area contributed by atoms with Gasteiger partial charge in [0, 0.05) is 19.0 Å². The molecule has 1 atom stereocenters. The van der Waals surface area contributed by atoms with Gasteiger partial charge >= 0.3 is 0 Å². The van der Waals surface area contributed by atoms with E-state index in [1.807, 2.05) is 13.0 Å². The quantitative estimate of drug-likeness (QED) is 0.894. The molecule has 0 radical (unpaired) electrons. The van der Waals surface area contributed by atoms with Gasteiger partial charge < -0.3 is 5.32 Å². The Labute approximate surface area is 125 Å². The fourth-order valence-electron chi connectivity index (χ4n) is 2.50. The summed E-state index contributed by atoms with van der Waals surface area (Å²) in [5.41, 5.74) is 0.858. The molecule has 0 unspecified atom stereocenters. The number of rotatable bonds is 5. The molecule has 0 spiro atoms. The van der Waals surface area contributed by atoms with Gasteiger partial charge in [0.15, 0.2) is 0 Å². The van der Waals surface area contributed by atoms with Gasteiger partial charge in [-0.2, -0.15) is 5.10 Å². The zero-order valence-corrected chi connectivity index (χ0v) is 13.2. The molecule has 21 heavy (non-hydrogen) atoms. The van der Waals surface area contributed by atoms with E-state index in [9.17, 15) is 9.59 Å². The summed E-state index contributed by atoms with van der Waals surface area (Å²) < 4.78 is 1.80. The molecule has 1 aliphatic rings. The van der Waals surface area contributed by atoms with E-state index in [0.717, 1.165) is 17.9 Å². The van der Waals surface area contributed by atoms with Gasteiger partial charge in [0.05, 0.1) is 12.2 Å². The highest BCUT2D eigenvalue weighted by atomic mass is 16.2. The van der Waals surface area contributed by atoms with Gasteiger partial charge in [0.1, 0.15) is 11.9 Å². The number of nitrogens with zero attached hydrogens (tertiary/aromatic N) is 3. The van der Waals surface area contributed by atoms with E-state index < -0.39 is 6.04 Å². The van der Waals surface area contributed by atoms with Crippen molar-refractivity contribution in [3.05, 3.63) is 11.8 Å². The fraction of sp³-hybridized carbons (Fsp3) is 0.667. The second-order valence-corrected chi connectivity index (χ2v) is 6.03. The molecule has 0 aliphatic carbocycles. The molecule has 1 aromatic rings. The lowest BCUT2D eigenvalue weighted by atomic mass is 10.1. The highest BCUT2D eigenvalue weighted by Gasteiger charge is 2.32. The van der Waals surface area contributed by atoms with Crippen LogP contribution in [0.25, 0.3) is 0 Å². The molecule has 6 heteroatoms. The fourth-order valence-corrected chi connectivity index (χ4v) is 2.50. The van der Waals surface area contributed by atoms with Crippen LogP contribution in [0.4, 0.5) is 5.82 Å². The summed E-state index contributed by atoms with van der Waals surface area (Å²) in [6, 6.07) is 1.34. The summed E-state index contributed by atoms with van der Waals surface area (Å²) in [7, 11) is 0. The largest absolute Gasteiger partial charge is 0.354 e. The van der Waals surface area contributed by atoms with Gasteiger partial charge in [-0.05, 0) is 26.2 Å². The van der Waals surface area contributed by atoms with Crippen LogP contribution in [0.1, 0.15) is 39.3 Å². The molecule has 0 bridgehead atoms. The summed E-state index contributed by atoms with van der Waals surface area (Å²) in [5, 5.41) is 7.26. The first-order chi connectivity index (χ1) is 9.90. The van der Waals surface area contributed by atoms with Crippen LogP contribution >= 0.6 is 0 Å². The number of aromatic nitrogens is 2. The van der Waals surface area contributed by atoms with Crippen molar-refractivity contribution in [2.75, 3.05) is 11.4 Å². The molecule has 116 valence electrons. The number of aryl methyl sites for hydroxylation is 2. The number of fused-ring (bicyclic) bond motifs is 1. The highest BCUT2D eigenvalue weighted by molar-refractivity contribution is 6.00. The number of hydrogen-bond donors (Lipinski definition) is 1. The number of carbonyl (C=O) groups excluding carboxylic acids is 2. The average Bonchev–Trinajstić information content (AvgIpc) is 2.77. The standard InChI is InChI=1S/C15H24N4O2/c1-10(2)5-7-16-15(21)12(4)19-13-9-11(3)17-18(13)8-6-14(19)20/h9-10,12H,5-8H2,1-4H3,(H,16,21)/t12-/m1/s1. The lowest BCUT2D eigenvalue weighted by Gasteiger charge is -2.31. The Kier molecular flexibility index (Phi) is 4.65. The van der Waals surface area contributed by atoms with Crippen molar-refractivity contribution in [3.8, 4) is 0 Å². The molecule has 0 aromatic carbocycles. The molecular weight excluding hydrogens is 268 g/mol. The van der Waals surface area contributed by atoms with Crippen molar-refractivity contribution >= 4 is 17.6 Å². The first kappa shape index (κ1) is 15.5. The first-order valence-electron chi connectivity index (χ1n) is 7.54. The number of anilines is 1. The summed E-state index contributed by atoms with van der Waals surface area (Å²) in [6.45, 7) is 9.11. The molecule has 0 saturated heterocycles. The maximum atomic E-state index is 12.3. The molecule has 0 fully saturated rings. The van der Waals surface area contributed by atoms with E-state index in [2.05, 4.69) is 24.3 Å². The highest BCUT2D eigenvalue weighted by Crippen LogP contribution is 2.24. The van der Waals surface area contributed by atoms with Crippen molar-refractivity contribution < 1.29 is 9.59 Å². The zero-order chi connectivity index (χ0) is 15.6. The van der Waals surface area contributed by atoms with Crippen molar-refractivity contribution in [2.24, 2.45) is 5.92 Å². The predicted molar refractivity (Wildman–Crippen MR) is 81.0 cm³/mol. The molecule has 1 N–H and O–H groups in total. The van der Waals surface area contributed by atoms with Crippen LogP contribution in [0.15, 0.2) is 6.07 Å². The minimum Gasteiger partial charge on any atom is -0.354 e. The van der Waals surface area contributed by atoms with Crippen LogP contribution < -0.4 is 10.2 Å². The Morgan fingerprint density at radius 3 is 2.81 bits per heavy atom. The van der Waals surface area contributed by atoms with E-state index in [0.29, 0.717) is 25.4 Å². The monoisotopic (exact) mass is 292 g/mol. The van der Waals surface area contributed by atoms with Crippen molar-refractivity contribution in [1.29, 1.82) is 0 Å². The lowest BCUT2D eigenvalue weighted by molar-refractivity contribution is -0.126. The Morgan fingerprint density at radius 1 is 1.43 bits per heavy atom. The average molecular weight is 292 g/mol. The molecule has 6 nitrogen and oxygen atoms in total. The number of nitrogens with one attached hydrogen (secondary N) is 1. The van der Waals surface area contributed by atoms with Crippen LogP contribution in [-0.2, 0) is 16.1 Å². The molecule has 1 aromatic heterocycles. The van der Waals surface area contributed by atoms with Crippen molar-refractivity contribution in [2.45, 2.75) is 53.1 Å². The van der Waals surface area contributed by atoms with E-state index in [4.69, 9.17) is 0 Å². The first-order valence-corrected chi connectivity index (χ1v) is 7.54. The van der Waals surface area contributed by atoms with Crippen LogP contribution in [0.2, 0.25) is 0 Å². The molecule has 2 amide bonds. The van der Waals surface area contributed by atoms with Crippen LogP contribution in [0.3, 0.4) is 0 Å². The van der Waals surface area contributed by atoms with E-state index >= 15 is 0 Å². The van der Waals surface area contributed by atoms with Gasteiger partial charge in [0.2, 0.25) is 11.8 Å². The van der Waals surface area contributed by atoms with Crippen LogP contribution in [0.5, 0.6) is 0 Å². The Bertz CT molecular complexity index is 536. The third kappa shape index (κ3) is 3.43. The van der Waals surface area contributed by atoms with Gasteiger partial charge in [-0.1, -0.05) is 13.8 Å². The Morgan fingerprint density at radius 2 is 2.14 bits per heavy atom. The van der Waals surface area contributed by atoms with Gasteiger partial charge in [-0.15, -0.1) is 0 Å². The molecule has 1 aliphatic heterocycles. The normalized spacial score (nSPS) is 16.0. The molecule has 0 saturated carbocycles. The molecular formula is C15H24N4O2. The van der Waals surface area contributed by atoms with Gasteiger partial charge in [-0.3, -0.25) is 14.5 Å². The number of amides is 2. The van der Waals surface area contributed by atoms with Gasteiger partial charge in [0.25, 0.3) is 0 Å². The van der Waals surface area contributed by atoms with Crippen LogP contribution in [-0.4, -0.2) is 34.2 Å². The molecule has 2 heterocycles. The smallest absolute Gasteiger partial charge is 0.242 e. The third-order valence-corrected chi connectivity index (χ3v) is 3.72. The van der Waals surface area contributed by atoms with E-state index in [-0.39, 0.29) is 11.8 Å². The van der Waals surface area contributed by atoms with E-state index in [1.54, 1.807) is 16.5 Å². The predicted octanol–water partition coefficient (Wildman–Crippen LogP) is 1.48. The van der Waals surface area contributed by atoms with E-state index in [1.165, 1.54) is 0 Å². The number of hydrogen-bond acceptors (Lipinski definition) is 3. The zero-order valence-electron chi connectivity index (χ0n) is 13.2. The third-order valence-electron chi connectivity index (χ3n) is 3.72. The minimum atomic E-state index is -0.514.